The number of esters is 4. The Labute approximate surface area is 201 Å². The van der Waals surface area contributed by atoms with E-state index in [-0.39, 0.29) is 6.61 Å². The van der Waals surface area contributed by atoms with E-state index < -0.39 is 54.6 Å². The summed E-state index contributed by atoms with van der Waals surface area (Å²) in [4.78, 5) is 46.7. The molecule has 194 valence electrons. The molecule has 1 rings (SSSR count). The normalized spacial score (nSPS) is 24.1. The van der Waals surface area contributed by atoms with Gasteiger partial charge in [0.15, 0.2) is 24.6 Å². The van der Waals surface area contributed by atoms with E-state index in [1.807, 2.05) is 6.08 Å². The van der Waals surface area contributed by atoms with E-state index in [9.17, 15) is 19.2 Å². The molecular formula is C24H38O10. The molecule has 0 aromatic heterocycles. The van der Waals surface area contributed by atoms with Gasteiger partial charge in [-0.2, -0.15) is 0 Å². The van der Waals surface area contributed by atoms with Crippen LogP contribution >= 0.6 is 0 Å². The fraction of sp³-hybridized carbons (Fsp3) is 0.750. The number of hydrogen-bond donors (Lipinski definition) is 0. The second kappa shape index (κ2) is 16.2. The molecule has 1 fully saturated rings. The third-order valence-electron chi connectivity index (χ3n) is 5.03. The van der Waals surface area contributed by atoms with Gasteiger partial charge in [-0.05, 0) is 19.3 Å². The van der Waals surface area contributed by atoms with Gasteiger partial charge in [0.1, 0.15) is 12.7 Å². The summed E-state index contributed by atoms with van der Waals surface area (Å²) < 4.78 is 32.9. The SMILES string of the molecule is C=CCCCCCCCCO[C@@H]1O[C@H](COC(C)=O)[C@H](OC(C)=O)[C@H](OC(C)=O)[C@H]1OC(C)=O. The molecule has 0 bridgehead atoms. The third kappa shape index (κ3) is 11.6. The molecule has 1 aliphatic rings. The highest BCUT2D eigenvalue weighted by Crippen LogP contribution is 2.30. The Balaban J connectivity index is 2.90. The number of allylic oxidation sites excluding steroid dienone is 1. The van der Waals surface area contributed by atoms with Crippen LogP contribution in [0, 0.1) is 0 Å². The van der Waals surface area contributed by atoms with Gasteiger partial charge < -0.3 is 28.4 Å². The minimum absolute atomic E-state index is 0.275. The van der Waals surface area contributed by atoms with Crippen molar-refractivity contribution in [2.45, 2.75) is 103 Å². The lowest BCUT2D eigenvalue weighted by molar-refractivity contribution is -0.308. The second-order valence-corrected chi connectivity index (χ2v) is 8.14. The highest BCUT2D eigenvalue weighted by atomic mass is 16.7. The molecule has 0 amide bonds. The summed E-state index contributed by atoms with van der Waals surface area (Å²) in [5.74, 6) is -2.57. The van der Waals surface area contributed by atoms with Crippen molar-refractivity contribution in [3.63, 3.8) is 0 Å². The molecule has 0 aromatic carbocycles. The maximum atomic E-state index is 11.8. The lowest BCUT2D eigenvalue weighted by atomic mass is 9.98. The van der Waals surface area contributed by atoms with E-state index in [0.29, 0.717) is 6.61 Å². The minimum atomic E-state index is -1.21. The Morgan fingerprint density at radius 3 is 1.82 bits per heavy atom. The molecule has 0 radical (unpaired) electrons. The smallest absolute Gasteiger partial charge is 0.303 e. The van der Waals surface area contributed by atoms with Crippen molar-refractivity contribution < 1.29 is 47.6 Å². The number of hydrogen-bond acceptors (Lipinski definition) is 10. The molecule has 0 unspecified atom stereocenters. The highest BCUT2D eigenvalue weighted by Gasteiger charge is 2.52. The first-order valence-corrected chi connectivity index (χ1v) is 11.7. The largest absolute Gasteiger partial charge is 0.463 e. The molecule has 1 aliphatic heterocycles. The summed E-state index contributed by atoms with van der Waals surface area (Å²) in [7, 11) is 0. The number of unbranched alkanes of at least 4 members (excludes halogenated alkanes) is 6. The summed E-state index contributed by atoms with van der Waals surface area (Å²) in [6, 6.07) is 0. The van der Waals surface area contributed by atoms with Crippen LogP contribution in [0.15, 0.2) is 12.7 Å². The first kappa shape index (κ1) is 29.6. The summed E-state index contributed by atoms with van der Waals surface area (Å²) in [6.45, 7) is 8.52. The van der Waals surface area contributed by atoms with Crippen LogP contribution in [-0.2, 0) is 47.6 Å². The lowest BCUT2D eigenvalue weighted by Crippen LogP contribution is -2.63. The van der Waals surface area contributed by atoms with Crippen LogP contribution in [-0.4, -0.2) is 67.8 Å². The maximum absolute atomic E-state index is 11.8. The van der Waals surface area contributed by atoms with Gasteiger partial charge in [-0.3, -0.25) is 19.2 Å². The fourth-order valence-electron chi connectivity index (χ4n) is 3.62. The average molecular weight is 487 g/mol. The third-order valence-corrected chi connectivity index (χ3v) is 5.03. The Morgan fingerprint density at radius 2 is 1.26 bits per heavy atom. The van der Waals surface area contributed by atoms with Crippen LogP contribution in [0.4, 0.5) is 0 Å². The molecule has 10 heteroatoms. The van der Waals surface area contributed by atoms with E-state index in [1.165, 1.54) is 27.7 Å². The van der Waals surface area contributed by atoms with Crippen molar-refractivity contribution in [3.8, 4) is 0 Å². The van der Waals surface area contributed by atoms with Crippen molar-refractivity contribution in [2.24, 2.45) is 0 Å². The van der Waals surface area contributed by atoms with E-state index in [1.54, 1.807) is 0 Å². The standard InChI is InChI=1S/C24H38O10/c1-6-7-8-9-10-11-12-13-14-29-24-23(33-19(5)28)22(32-18(4)27)21(31-17(3)26)20(34-24)15-30-16(2)25/h6,20-24H,1,7-15H2,2-5H3/t20-,21+,22+,23-,24-/m1/s1. The molecule has 10 nitrogen and oxygen atoms in total. The predicted molar refractivity (Wildman–Crippen MR) is 120 cm³/mol. The van der Waals surface area contributed by atoms with E-state index >= 15 is 0 Å². The molecule has 1 saturated heterocycles. The summed E-state index contributed by atoms with van der Waals surface area (Å²) in [5, 5.41) is 0. The molecule has 1 heterocycles. The topological polar surface area (TPSA) is 124 Å². The van der Waals surface area contributed by atoms with Crippen molar-refractivity contribution in [1.29, 1.82) is 0 Å². The molecule has 34 heavy (non-hydrogen) atoms. The van der Waals surface area contributed by atoms with E-state index in [4.69, 9.17) is 28.4 Å². The molecule has 0 saturated carbocycles. The number of carbonyl (C=O) groups excluding carboxylic acids is 4. The van der Waals surface area contributed by atoms with Crippen LogP contribution in [0.2, 0.25) is 0 Å². The van der Waals surface area contributed by atoms with Crippen molar-refractivity contribution >= 4 is 23.9 Å². The van der Waals surface area contributed by atoms with E-state index in [0.717, 1.165) is 44.9 Å². The number of carbonyl (C=O) groups is 4. The number of rotatable bonds is 15. The predicted octanol–water partition coefficient (Wildman–Crippen LogP) is 3.00. The molecule has 0 spiro atoms. The van der Waals surface area contributed by atoms with E-state index in [2.05, 4.69) is 6.58 Å². The first-order chi connectivity index (χ1) is 16.1. The molecule has 0 N–H and O–H groups in total. The van der Waals surface area contributed by atoms with Crippen molar-refractivity contribution in [3.05, 3.63) is 12.7 Å². The van der Waals surface area contributed by atoms with Crippen molar-refractivity contribution in [1.82, 2.24) is 0 Å². The van der Waals surface area contributed by atoms with Gasteiger partial charge in [0.25, 0.3) is 0 Å². The summed E-state index contributed by atoms with van der Waals surface area (Å²) in [6.07, 6.45) is 3.38. The lowest BCUT2D eigenvalue weighted by Gasteiger charge is -2.44. The maximum Gasteiger partial charge on any atom is 0.303 e. The quantitative estimate of drug-likeness (QED) is 0.148. The van der Waals surface area contributed by atoms with Crippen LogP contribution in [0.3, 0.4) is 0 Å². The Kier molecular flexibility index (Phi) is 14.1. The fourth-order valence-corrected chi connectivity index (χ4v) is 3.62. The van der Waals surface area contributed by atoms with Gasteiger partial charge in [0, 0.05) is 34.3 Å². The van der Waals surface area contributed by atoms with Crippen LogP contribution in [0.1, 0.15) is 72.6 Å². The molecular weight excluding hydrogens is 448 g/mol. The Hall–Kier alpha value is -2.46. The first-order valence-electron chi connectivity index (χ1n) is 11.7. The molecule has 5 atom stereocenters. The monoisotopic (exact) mass is 486 g/mol. The zero-order chi connectivity index (χ0) is 25.5. The van der Waals surface area contributed by atoms with Gasteiger partial charge in [0.05, 0.1) is 0 Å². The minimum Gasteiger partial charge on any atom is -0.463 e. The van der Waals surface area contributed by atoms with Crippen LogP contribution in [0.5, 0.6) is 0 Å². The molecule has 0 aliphatic carbocycles. The summed E-state index contributed by atoms with van der Waals surface area (Å²) in [5.41, 5.74) is 0. The Bertz CT molecular complexity index is 677. The van der Waals surface area contributed by atoms with Gasteiger partial charge in [-0.1, -0.05) is 31.8 Å². The average Bonchev–Trinajstić information content (AvgIpc) is 2.74. The number of ether oxygens (including phenoxy) is 6. The van der Waals surface area contributed by atoms with Crippen molar-refractivity contribution in [2.75, 3.05) is 13.2 Å². The van der Waals surface area contributed by atoms with Gasteiger partial charge in [-0.15, -0.1) is 6.58 Å². The van der Waals surface area contributed by atoms with Gasteiger partial charge in [0.2, 0.25) is 0 Å². The molecule has 0 aromatic rings. The van der Waals surface area contributed by atoms with Crippen LogP contribution < -0.4 is 0 Å². The second-order valence-electron chi connectivity index (χ2n) is 8.14. The summed E-state index contributed by atoms with van der Waals surface area (Å²) >= 11 is 0. The highest BCUT2D eigenvalue weighted by molar-refractivity contribution is 5.68. The zero-order valence-corrected chi connectivity index (χ0v) is 20.6. The van der Waals surface area contributed by atoms with Crippen LogP contribution in [0.25, 0.3) is 0 Å². The van der Waals surface area contributed by atoms with Gasteiger partial charge >= 0.3 is 23.9 Å². The Morgan fingerprint density at radius 1 is 0.735 bits per heavy atom. The van der Waals surface area contributed by atoms with Gasteiger partial charge in [-0.25, -0.2) is 0 Å². The zero-order valence-electron chi connectivity index (χ0n) is 20.6.